The van der Waals surface area contributed by atoms with Gasteiger partial charge in [-0.1, -0.05) is 38.8 Å². The molecule has 0 aliphatic rings. The molecular weight excluding hydrogens is 224 g/mol. The lowest BCUT2D eigenvalue weighted by Crippen LogP contribution is -2.13. The van der Waals surface area contributed by atoms with E-state index in [-0.39, 0.29) is 0 Å². The fraction of sp³-hybridized carbons (Fsp3) is 0.467. The summed E-state index contributed by atoms with van der Waals surface area (Å²) in [5.74, 6) is 0.819. The van der Waals surface area contributed by atoms with Crippen LogP contribution in [-0.2, 0) is 11.3 Å². The summed E-state index contributed by atoms with van der Waals surface area (Å²) in [6.07, 6.45) is 4.59. The van der Waals surface area contributed by atoms with Gasteiger partial charge >= 0.3 is 0 Å². The Bertz CT molecular complexity index is 526. The molecule has 0 amide bonds. The first-order valence-corrected chi connectivity index (χ1v) is 6.66. The maximum Gasteiger partial charge on any atom is 0.152 e. The quantitative estimate of drug-likeness (QED) is 0.780. The van der Waals surface area contributed by atoms with Gasteiger partial charge in [-0.15, -0.1) is 0 Å². The lowest BCUT2D eigenvalue weighted by atomic mass is 9.97. The van der Waals surface area contributed by atoms with Crippen LogP contribution in [0.5, 0.6) is 0 Å². The predicted molar refractivity (Wildman–Crippen MR) is 73.4 cm³/mol. The van der Waals surface area contributed by atoms with Gasteiger partial charge in [0.1, 0.15) is 0 Å². The molecule has 0 atom stereocenters. The molecule has 0 saturated carbocycles. The van der Waals surface area contributed by atoms with Crippen LogP contribution in [0.4, 0.5) is 0 Å². The van der Waals surface area contributed by atoms with E-state index in [4.69, 9.17) is 0 Å². The number of benzene rings is 1. The molecule has 18 heavy (non-hydrogen) atoms. The zero-order valence-electron chi connectivity index (χ0n) is 11.1. The van der Waals surface area contributed by atoms with E-state index in [9.17, 15) is 4.79 Å². The maximum absolute atomic E-state index is 12.0. The first-order valence-electron chi connectivity index (χ1n) is 6.66. The first kappa shape index (κ1) is 12.8. The number of Topliss-reactive ketones (excluding diaryl/α,β-unsaturated/α-hetero) is 1. The standard InChI is InChI=1S/C15H20N2O/c1-3-12(4-2)9-13(18)10-17-11-16-14-7-5-6-8-15(14)17/h5-8,11-12H,3-4,9-10H2,1-2H3. The smallest absolute Gasteiger partial charge is 0.152 e. The van der Waals surface area contributed by atoms with Crippen LogP contribution in [-0.4, -0.2) is 15.3 Å². The molecule has 1 aromatic carbocycles. The highest BCUT2D eigenvalue weighted by Crippen LogP contribution is 2.15. The van der Waals surface area contributed by atoms with Crippen molar-refractivity contribution in [2.45, 2.75) is 39.7 Å². The number of imidazole rings is 1. The van der Waals surface area contributed by atoms with E-state index in [0.29, 0.717) is 24.7 Å². The van der Waals surface area contributed by atoms with E-state index in [1.165, 1.54) is 0 Å². The Morgan fingerprint density at radius 2 is 2.00 bits per heavy atom. The number of hydrogen-bond donors (Lipinski definition) is 0. The Morgan fingerprint density at radius 3 is 2.72 bits per heavy atom. The summed E-state index contributed by atoms with van der Waals surface area (Å²) in [4.78, 5) is 16.3. The van der Waals surface area contributed by atoms with Crippen molar-refractivity contribution in [3.05, 3.63) is 30.6 Å². The van der Waals surface area contributed by atoms with E-state index in [1.54, 1.807) is 6.33 Å². The molecule has 0 spiro atoms. The van der Waals surface area contributed by atoms with Crippen LogP contribution >= 0.6 is 0 Å². The van der Waals surface area contributed by atoms with Crippen molar-refractivity contribution in [1.82, 2.24) is 9.55 Å². The number of rotatable bonds is 6. The molecule has 0 unspecified atom stereocenters. The van der Waals surface area contributed by atoms with E-state index in [1.807, 2.05) is 28.8 Å². The lowest BCUT2D eigenvalue weighted by Gasteiger charge is -2.11. The molecule has 3 nitrogen and oxygen atoms in total. The van der Waals surface area contributed by atoms with Crippen LogP contribution in [0.25, 0.3) is 11.0 Å². The molecule has 0 aliphatic heterocycles. The average Bonchev–Trinajstić information content (AvgIpc) is 2.79. The predicted octanol–water partition coefficient (Wildman–Crippen LogP) is 3.43. The summed E-state index contributed by atoms with van der Waals surface area (Å²) in [6.45, 7) is 4.74. The summed E-state index contributed by atoms with van der Waals surface area (Å²) in [6, 6.07) is 7.92. The molecule has 0 radical (unpaired) electrons. The van der Waals surface area contributed by atoms with Gasteiger partial charge < -0.3 is 4.57 Å². The number of carbonyl (C=O) groups excluding carboxylic acids is 1. The molecule has 0 saturated heterocycles. The van der Waals surface area contributed by atoms with Gasteiger partial charge in [0.25, 0.3) is 0 Å². The minimum Gasteiger partial charge on any atom is -0.323 e. The Labute approximate surface area is 108 Å². The van der Waals surface area contributed by atoms with Gasteiger partial charge in [-0.25, -0.2) is 4.98 Å². The fourth-order valence-corrected chi connectivity index (χ4v) is 2.29. The lowest BCUT2D eigenvalue weighted by molar-refractivity contribution is -0.120. The van der Waals surface area contributed by atoms with Crippen LogP contribution in [0.2, 0.25) is 0 Å². The van der Waals surface area contributed by atoms with Gasteiger partial charge in [-0.3, -0.25) is 4.79 Å². The number of hydrogen-bond acceptors (Lipinski definition) is 2. The largest absolute Gasteiger partial charge is 0.323 e. The van der Waals surface area contributed by atoms with Crippen molar-refractivity contribution in [2.24, 2.45) is 5.92 Å². The van der Waals surface area contributed by atoms with Gasteiger partial charge in [0.05, 0.1) is 23.9 Å². The number of carbonyl (C=O) groups is 1. The Morgan fingerprint density at radius 1 is 1.28 bits per heavy atom. The molecule has 0 aliphatic carbocycles. The zero-order valence-corrected chi connectivity index (χ0v) is 11.1. The highest BCUT2D eigenvalue weighted by atomic mass is 16.1. The number of aromatic nitrogens is 2. The van der Waals surface area contributed by atoms with Gasteiger partial charge in [-0.2, -0.15) is 0 Å². The summed E-state index contributed by atoms with van der Waals surface area (Å²) < 4.78 is 1.94. The molecule has 0 bridgehead atoms. The SMILES string of the molecule is CCC(CC)CC(=O)Cn1cnc2ccccc21. The molecule has 96 valence electrons. The molecular formula is C15H20N2O. The Balaban J connectivity index is 2.07. The van der Waals surface area contributed by atoms with E-state index >= 15 is 0 Å². The number of fused-ring (bicyclic) bond motifs is 1. The first-order chi connectivity index (χ1) is 8.74. The minimum atomic E-state index is 0.298. The Kier molecular flexibility index (Phi) is 4.13. The highest BCUT2D eigenvalue weighted by molar-refractivity contribution is 5.81. The molecule has 0 N–H and O–H groups in total. The number of ketones is 1. The molecule has 1 heterocycles. The van der Waals surface area contributed by atoms with E-state index < -0.39 is 0 Å². The highest BCUT2D eigenvalue weighted by Gasteiger charge is 2.12. The van der Waals surface area contributed by atoms with Gasteiger partial charge in [0.15, 0.2) is 5.78 Å². The van der Waals surface area contributed by atoms with Crippen LogP contribution in [0, 0.1) is 5.92 Å². The van der Waals surface area contributed by atoms with Gasteiger partial charge in [0.2, 0.25) is 0 Å². The topological polar surface area (TPSA) is 34.9 Å². The molecule has 0 fully saturated rings. The van der Waals surface area contributed by atoms with Crippen molar-refractivity contribution in [3.63, 3.8) is 0 Å². The Hall–Kier alpha value is -1.64. The van der Waals surface area contributed by atoms with Crippen LogP contribution in [0.3, 0.4) is 0 Å². The number of para-hydroxylation sites is 2. The molecule has 3 heteroatoms. The monoisotopic (exact) mass is 244 g/mol. The van der Waals surface area contributed by atoms with Crippen LogP contribution < -0.4 is 0 Å². The fourth-order valence-electron chi connectivity index (χ4n) is 2.29. The van der Waals surface area contributed by atoms with Crippen molar-refractivity contribution >= 4 is 16.8 Å². The summed E-state index contributed by atoms with van der Waals surface area (Å²) in [5.41, 5.74) is 1.99. The van der Waals surface area contributed by atoms with Crippen molar-refractivity contribution in [2.75, 3.05) is 0 Å². The molecule has 2 aromatic rings. The van der Waals surface area contributed by atoms with Crippen LogP contribution in [0.15, 0.2) is 30.6 Å². The molecule has 1 aromatic heterocycles. The van der Waals surface area contributed by atoms with Crippen molar-refractivity contribution < 1.29 is 4.79 Å². The second-order valence-corrected chi connectivity index (χ2v) is 4.79. The normalized spacial score (nSPS) is 11.3. The maximum atomic E-state index is 12.0. The second-order valence-electron chi connectivity index (χ2n) is 4.79. The molecule has 2 rings (SSSR count). The summed E-state index contributed by atoms with van der Waals surface area (Å²) in [7, 11) is 0. The summed E-state index contributed by atoms with van der Waals surface area (Å²) >= 11 is 0. The van der Waals surface area contributed by atoms with Crippen LogP contribution in [0.1, 0.15) is 33.1 Å². The van der Waals surface area contributed by atoms with Gasteiger partial charge in [-0.05, 0) is 18.1 Å². The number of nitrogens with zero attached hydrogens (tertiary/aromatic N) is 2. The minimum absolute atomic E-state index is 0.298. The van der Waals surface area contributed by atoms with E-state index in [2.05, 4.69) is 18.8 Å². The summed E-state index contributed by atoms with van der Waals surface area (Å²) in [5, 5.41) is 0. The van der Waals surface area contributed by atoms with Crippen molar-refractivity contribution in [1.29, 1.82) is 0 Å². The van der Waals surface area contributed by atoms with E-state index in [0.717, 1.165) is 23.9 Å². The zero-order chi connectivity index (χ0) is 13.0. The third kappa shape index (κ3) is 2.78. The van der Waals surface area contributed by atoms with Gasteiger partial charge in [0, 0.05) is 6.42 Å². The third-order valence-electron chi connectivity index (χ3n) is 3.55. The third-order valence-corrected chi connectivity index (χ3v) is 3.55. The second kappa shape index (κ2) is 5.80. The average molecular weight is 244 g/mol. The van der Waals surface area contributed by atoms with Crippen molar-refractivity contribution in [3.8, 4) is 0 Å².